The fourth-order valence-electron chi connectivity index (χ4n) is 1.21. The molecule has 1 aromatic heterocycles. The Balaban J connectivity index is 2.58. The predicted octanol–water partition coefficient (Wildman–Crippen LogP) is 3.57. The second-order valence-electron chi connectivity index (χ2n) is 3.21. The minimum absolute atomic E-state index is 0.238. The fourth-order valence-corrected chi connectivity index (χ4v) is 2.22. The van der Waals surface area contributed by atoms with Gasteiger partial charge in [0, 0.05) is 16.7 Å². The summed E-state index contributed by atoms with van der Waals surface area (Å²) in [4.78, 5) is 4.42. The topological polar surface area (TPSA) is 12.9 Å². The Kier molecular flexibility index (Phi) is 3.53. The average Bonchev–Trinajstić information content (AvgIpc) is 2.34. The molecule has 1 rings (SSSR count). The molecule has 68 valence electrons. The van der Waals surface area contributed by atoms with Crippen molar-refractivity contribution < 1.29 is 0 Å². The lowest BCUT2D eigenvalue weighted by Gasteiger charge is -2.09. The van der Waals surface area contributed by atoms with Crippen LogP contribution in [0.15, 0.2) is 5.38 Å². The summed E-state index contributed by atoms with van der Waals surface area (Å²) in [6, 6.07) is 0. The van der Waals surface area contributed by atoms with E-state index in [1.807, 2.05) is 13.8 Å². The summed E-state index contributed by atoms with van der Waals surface area (Å²) >= 11 is 7.61. The molecule has 2 atom stereocenters. The summed E-state index contributed by atoms with van der Waals surface area (Å²) < 4.78 is 0. The van der Waals surface area contributed by atoms with Gasteiger partial charge >= 0.3 is 0 Å². The van der Waals surface area contributed by atoms with Crippen LogP contribution >= 0.6 is 22.9 Å². The van der Waals surface area contributed by atoms with Gasteiger partial charge in [-0.1, -0.05) is 6.92 Å². The van der Waals surface area contributed by atoms with E-state index in [2.05, 4.69) is 17.3 Å². The van der Waals surface area contributed by atoms with Crippen LogP contribution in [-0.4, -0.2) is 10.4 Å². The van der Waals surface area contributed by atoms with Gasteiger partial charge < -0.3 is 0 Å². The van der Waals surface area contributed by atoms with Gasteiger partial charge in [-0.25, -0.2) is 4.98 Å². The number of aromatic nitrogens is 1. The first kappa shape index (κ1) is 10.0. The molecule has 0 amide bonds. The summed E-state index contributed by atoms with van der Waals surface area (Å²) in [5.41, 5.74) is 1.19. The number of alkyl halides is 1. The lowest BCUT2D eigenvalue weighted by Crippen LogP contribution is -2.00. The molecule has 0 N–H and O–H groups in total. The summed E-state index contributed by atoms with van der Waals surface area (Å²) in [6.07, 6.45) is 1.00. The zero-order valence-corrected chi connectivity index (χ0v) is 9.25. The van der Waals surface area contributed by atoms with Crippen molar-refractivity contribution in [1.82, 2.24) is 4.98 Å². The van der Waals surface area contributed by atoms with E-state index in [0.29, 0.717) is 5.92 Å². The molecule has 0 fully saturated rings. The maximum absolute atomic E-state index is 5.90. The highest BCUT2D eigenvalue weighted by Crippen LogP contribution is 2.23. The molecule has 0 radical (unpaired) electrons. The molecule has 12 heavy (non-hydrogen) atoms. The minimum Gasteiger partial charge on any atom is -0.246 e. The summed E-state index contributed by atoms with van der Waals surface area (Å²) in [7, 11) is 0. The first-order valence-electron chi connectivity index (χ1n) is 4.15. The molecule has 0 aliphatic carbocycles. The molecule has 0 aliphatic heterocycles. The van der Waals surface area contributed by atoms with Crippen molar-refractivity contribution in [3.8, 4) is 0 Å². The maximum Gasteiger partial charge on any atom is 0.0897 e. The molecule has 1 aromatic rings. The van der Waals surface area contributed by atoms with Crippen LogP contribution in [0.1, 0.15) is 36.9 Å². The van der Waals surface area contributed by atoms with Crippen LogP contribution in [0.4, 0.5) is 0 Å². The van der Waals surface area contributed by atoms with Crippen molar-refractivity contribution in [3.63, 3.8) is 0 Å². The van der Waals surface area contributed by atoms with Gasteiger partial charge in [0.15, 0.2) is 0 Å². The Bertz CT molecular complexity index is 244. The van der Waals surface area contributed by atoms with Crippen molar-refractivity contribution in [2.24, 2.45) is 0 Å². The largest absolute Gasteiger partial charge is 0.246 e. The van der Waals surface area contributed by atoms with E-state index < -0.39 is 0 Å². The van der Waals surface area contributed by atoms with Gasteiger partial charge in [0.1, 0.15) is 0 Å². The molecule has 1 heterocycles. The Hall–Kier alpha value is -0.0800. The number of rotatable bonds is 3. The maximum atomic E-state index is 5.90. The third kappa shape index (κ3) is 2.76. The van der Waals surface area contributed by atoms with Crippen LogP contribution in [0.5, 0.6) is 0 Å². The van der Waals surface area contributed by atoms with Crippen LogP contribution in [0.3, 0.4) is 0 Å². The summed E-state index contributed by atoms with van der Waals surface area (Å²) in [5.74, 6) is 0.488. The SMILES string of the molecule is Cc1nc(C(C)CC(C)Cl)cs1. The normalized spacial score (nSPS) is 16.0. The van der Waals surface area contributed by atoms with Gasteiger partial charge in [-0.05, 0) is 20.3 Å². The van der Waals surface area contributed by atoms with E-state index >= 15 is 0 Å². The number of hydrogen-bond acceptors (Lipinski definition) is 2. The minimum atomic E-state index is 0.238. The van der Waals surface area contributed by atoms with Gasteiger partial charge in [0.05, 0.1) is 10.7 Å². The van der Waals surface area contributed by atoms with Crippen LogP contribution in [-0.2, 0) is 0 Å². The first-order chi connectivity index (χ1) is 5.59. The lowest BCUT2D eigenvalue weighted by atomic mass is 10.0. The highest BCUT2D eigenvalue weighted by Gasteiger charge is 2.11. The number of nitrogens with zero attached hydrogens (tertiary/aromatic N) is 1. The number of hydrogen-bond donors (Lipinski definition) is 0. The summed E-state index contributed by atoms with van der Waals surface area (Å²) in [6.45, 7) is 6.23. The average molecular weight is 204 g/mol. The Morgan fingerprint density at radius 3 is 2.67 bits per heavy atom. The quantitative estimate of drug-likeness (QED) is 0.685. The van der Waals surface area contributed by atoms with Crippen molar-refractivity contribution in [2.75, 3.05) is 0 Å². The molecule has 2 unspecified atom stereocenters. The molecule has 1 nitrogen and oxygen atoms in total. The number of thiazole rings is 1. The zero-order valence-electron chi connectivity index (χ0n) is 7.67. The van der Waals surface area contributed by atoms with Gasteiger partial charge in [0.25, 0.3) is 0 Å². The smallest absolute Gasteiger partial charge is 0.0897 e. The van der Waals surface area contributed by atoms with Crippen molar-refractivity contribution in [2.45, 2.75) is 38.5 Å². The zero-order chi connectivity index (χ0) is 9.14. The molecule has 0 saturated heterocycles. The van der Waals surface area contributed by atoms with Gasteiger partial charge in [0.2, 0.25) is 0 Å². The number of aryl methyl sites for hydroxylation is 1. The molecule has 0 aromatic carbocycles. The molecule has 0 aliphatic rings. The third-order valence-corrected chi connectivity index (χ3v) is 2.79. The second kappa shape index (κ2) is 4.24. The number of halogens is 1. The monoisotopic (exact) mass is 203 g/mol. The van der Waals surface area contributed by atoms with Gasteiger partial charge in [-0.3, -0.25) is 0 Å². The van der Waals surface area contributed by atoms with Crippen LogP contribution in [0, 0.1) is 6.92 Å². The van der Waals surface area contributed by atoms with Crippen molar-refractivity contribution in [3.05, 3.63) is 16.1 Å². The molecule has 0 bridgehead atoms. The van der Waals surface area contributed by atoms with Crippen molar-refractivity contribution in [1.29, 1.82) is 0 Å². The second-order valence-corrected chi connectivity index (χ2v) is 5.02. The first-order valence-corrected chi connectivity index (χ1v) is 5.47. The molecule has 0 saturated carbocycles. The van der Waals surface area contributed by atoms with Crippen LogP contribution < -0.4 is 0 Å². The molecule has 3 heteroatoms. The molecular formula is C9H14ClNS. The third-order valence-electron chi connectivity index (χ3n) is 1.82. The van der Waals surface area contributed by atoms with Crippen LogP contribution in [0.2, 0.25) is 0 Å². The summed E-state index contributed by atoms with van der Waals surface area (Å²) in [5, 5.41) is 3.50. The predicted molar refractivity (Wildman–Crippen MR) is 55.2 cm³/mol. The Labute approximate surface area is 82.8 Å². The standard InChI is InChI=1S/C9H14ClNS/c1-6(4-7(2)10)9-5-12-8(3)11-9/h5-7H,4H2,1-3H3. The van der Waals surface area contributed by atoms with E-state index in [9.17, 15) is 0 Å². The molecular weight excluding hydrogens is 190 g/mol. The fraction of sp³-hybridized carbons (Fsp3) is 0.667. The van der Waals surface area contributed by atoms with E-state index in [0.717, 1.165) is 11.4 Å². The highest BCUT2D eigenvalue weighted by molar-refractivity contribution is 7.09. The van der Waals surface area contributed by atoms with E-state index in [1.54, 1.807) is 11.3 Å². The van der Waals surface area contributed by atoms with Gasteiger partial charge in [-0.2, -0.15) is 0 Å². The Morgan fingerprint density at radius 2 is 2.25 bits per heavy atom. The lowest BCUT2D eigenvalue weighted by molar-refractivity contribution is 0.655. The van der Waals surface area contributed by atoms with E-state index in [-0.39, 0.29) is 5.38 Å². The molecule has 0 spiro atoms. The van der Waals surface area contributed by atoms with E-state index in [4.69, 9.17) is 11.6 Å². The highest BCUT2D eigenvalue weighted by atomic mass is 35.5. The van der Waals surface area contributed by atoms with E-state index in [1.165, 1.54) is 5.69 Å². The Morgan fingerprint density at radius 1 is 1.58 bits per heavy atom. The van der Waals surface area contributed by atoms with Crippen molar-refractivity contribution >= 4 is 22.9 Å². The van der Waals surface area contributed by atoms with Gasteiger partial charge in [-0.15, -0.1) is 22.9 Å². The van der Waals surface area contributed by atoms with Crippen LogP contribution in [0.25, 0.3) is 0 Å².